The van der Waals surface area contributed by atoms with E-state index in [2.05, 4.69) is 6.58 Å². The maximum absolute atomic E-state index is 14.5. The molecular weight excluding hydrogens is 512 g/mol. The van der Waals surface area contributed by atoms with Crippen LogP contribution < -0.4 is 9.21 Å². The van der Waals surface area contributed by atoms with E-state index >= 15 is 0 Å². The van der Waals surface area contributed by atoms with Crippen molar-refractivity contribution in [2.75, 3.05) is 22.4 Å². The highest BCUT2D eigenvalue weighted by Crippen LogP contribution is 2.58. The Morgan fingerprint density at radius 2 is 1.69 bits per heavy atom. The smallest absolute Gasteiger partial charge is 0.331 e. The van der Waals surface area contributed by atoms with Gasteiger partial charge in [-0.1, -0.05) is 59.7 Å². The van der Waals surface area contributed by atoms with Crippen molar-refractivity contribution in [3.8, 4) is 0 Å². The average Bonchev–Trinajstić information content (AvgIpc) is 3.24. The van der Waals surface area contributed by atoms with Gasteiger partial charge in [-0.05, 0) is 56.2 Å². The van der Waals surface area contributed by atoms with E-state index in [1.165, 1.54) is 11.2 Å². The predicted octanol–water partition coefficient (Wildman–Crippen LogP) is 5.02. The Balaban J connectivity index is 1.91. The van der Waals surface area contributed by atoms with Gasteiger partial charge in [-0.2, -0.15) is 0 Å². The Hall–Kier alpha value is -3.91. The van der Waals surface area contributed by atoms with Crippen LogP contribution in [0, 0.1) is 13.8 Å². The number of carbonyl (C=O) groups is 2. The molecule has 0 radical (unpaired) electrons. The third-order valence-electron chi connectivity index (χ3n) is 7.85. The van der Waals surface area contributed by atoms with Crippen LogP contribution in [0.25, 0.3) is 0 Å². The van der Waals surface area contributed by atoms with Gasteiger partial charge in [-0.15, -0.1) is 6.58 Å². The fourth-order valence-electron chi connectivity index (χ4n) is 6.19. The molecule has 39 heavy (non-hydrogen) atoms. The minimum absolute atomic E-state index is 0.0656. The van der Waals surface area contributed by atoms with Gasteiger partial charge in [0.2, 0.25) is 5.91 Å². The van der Waals surface area contributed by atoms with Crippen molar-refractivity contribution in [1.29, 1.82) is 0 Å². The number of esters is 1. The van der Waals surface area contributed by atoms with E-state index in [-0.39, 0.29) is 24.0 Å². The number of sulfonamides is 1. The number of nitrogens with zero attached hydrogens (tertiary/aromatic N) is 2. The maximum Gasteiger partial charge on any atom is 0.331 e. The number of ether oxygens (including phenoxy) is 1. The molecule has 0 aromatic heterocycles. The first-order valence-corrected chi connectivity index (χ1v) is 14.4. The minimum atomic E-state index is -4.26. The van der Waals surface area contributed by atoms with E-state index < -0.39 is 33.4 Å². The first kappa shape index (κ1) is 26.7. The van der Waals surface area contributed by atoms with Gasteiger partial charge in [0, 0.05) is 25.1 Å². The van der Waals surface area contributed by atoms with Gasteiger partial charge < -0.3 is 9.64 Å². The zero-order chi connectivity index (χ0) is 28.1. The van der Waals surface area contributed by atoms with Crippen LogP contribution in [0.5, 0.6) is 0 Å². The van der Waals surface area contributed by atoms with E-state index in [9.17, 15) is 18.0 Å². The van der Waals surface area contributed by atoms with Gasteiger partial charge in [0.1, 0.15) is 0 Å². The largest absolute Gasteiger partial charge is 0.464 e. The lowest BCUT2D eigenvalue weighted by Crippen LogP contribution is -2.64. The Kier molecular flexibility index (Phi) is 6.63. The predicted molar refractivity (Wildman–Crippen MR) is 152 cm³/mol. The van der Waals surface area contributed by atoms with Crippen LogP contribution in [0.4, 0.5) is 11.4 Å². The van der Waals surface area contributed by atoms with E-state index in [1.54, 1.807) is 48.2 Å². The number of anilines is 2. The molecule has 0 N–H and O–H groups in total. The zero-order valence-corrected chi connectivity index (χ0v) is 23.4. The average molecular weight is 545 g/mol. The lowest BCUT2D eigenvalue weighted by atomic mass is 9.61. The van der Waals surface area contributed by atoms with Crippen LogP contribution in [0.3, 0.4) is 0 Å². The summed E-state index contributed by atoms with van der Waals surface area (Å²) in [4.78, 5) is 28.7. The molecule has 3 aromatic rings. The molecule has 0 saturated carbocycles. The third kappa shape index (κ3) is 3.97. The number of aryl methyl sites for hydroxylation is 2. The summed E-state index contributed by atoms with van der Waals surface area (Å²) in [6.07, 6.45) is 1.76. The normalized spacial score (nSPS) is 21.8. The lowest BCUT2D eigenvalue weighted by Gasteiger charge is -2.51. The fraction of sp³-hybridized carbons (Fsp3) is 0.290. The summed E-state index contributed by atoms with van der Waals surface area (Å²) in [6.45, 7) is 11.3. The zero-order valence-electron chi connectivity index (χ0n) is 22.5. The van der Waals surface area contributed by atoms with Crippen molar-refractivity contribution in [1.82, 2.24) is 0 Å². The number of allylic oxidation sites excluding steroid dienone is 1. The molecule has 0 saturated heterocycles. The second-order valence-electron chi connectivity index (χ2n) is 10.2. The van der Waals surface area contributed by atoms with Gasteiger partial charge in [0.25, 0.3) is 10.0 Å². The lowest BCUT2D eigenvalue weighted by molar-refractivity contribution is -0.146. The van der Waals surface area contributed by atoms with Crippen LogP contribution in [0.2, 0.25) is 0 Å². The number of benzene rings is 3. The van der Waals surface area contributed by atoms with Crippen molar-refractivity contribution in [3.05, 3.63) is 102 Å². The van der Waals surface area contributed by atoms with E-state index in [4.69, 9.17) is 4.74 Å². The summed E-state index contributed by atoms with van der Waals surface area (Å²) in [5.41, 5.74) is 3.14. The minimum Gasteiger partial charge on any atom is -0.464 e. The number of carbonyl (C=O) groups excluding carboxylic acids is 2. The van der Waals surface area contributed by atoms with Gasteiger partial charge in [-0.25, -0.2) is 13.2 Å². The first-order chi connectivity index (χ1) is 18.6. The second-order valence-corrected chi connectivity index (χ2v) is 12.0. The topological polar surface area (TPSA) is 84.0 Å². The maximum atomic E-state index is 14.5. The van der Waals surface area contributed by atoms with Gasteiger partial charge >= 0.3 is 5.97 Å². The Morgan fingerprint density at radius 3 is 2.33 bits per heavy atom. The van der Waals surface area contributed by atoms with Crippen LogP contribution >= 0.6 is 0 Å². The highest BCUT2D eigenvalue weighted by molar-refractivity contribution is 7.93. The summed E-state index contributed by atoms with van der Waals surface area (Å²) in [5, 5.41) is 0. The molecule has 0 fully saturated rings. The Bertz CT molecular complexity index is 1580. The van der Waals surface area contributed by atoms with Crippen molar-refractivity contribution in [2.45, 2.75) is 50.0 Å². The fourth-order valence-corrected chi connectivity index (χ4v) is 7.88. The molecule has 0 bridgehead atoms. The molecule has 5 rings (SSSR count). The number of fused-ring (bicyclic) bond motifs is 3. The van der Waals surface area contributed by atoms with Crippen LogP contribution in [0.1, 0.15) is 42.0 Å². The summed E-state index contributed by atoms with van der Waals surface area (Å²) in [7, 11) is -4.26. The number of hydrogen-bond donors (Lipinski definition) is 0. The molecule has 1 spiro atoms. The highest BCUT2D eigenvalue weighted by atomic mass is 32.2. The molecule has 3 aromatic carbocycles. The molecule has 202 valence electrons. The number of para-hydroxylation sites is 1. The van der Waals surface area contributed by atoms with Gasteiger partial charge in [0.15, 0.2) is 6.04 Å². The Morgan fingerprint density at radius 1 is 1.03 bits per heavy atom. The molecule has 7 nitrogen and oxygen atoms in total. The molecule has 3 unspecified atom stereocenters. The molecule has 1 amide bonds. The molecule has 2 aliphatic rings. The highest BCUT2D eigenvalue weighted by Gasteiger charge is 2.63. The van der Waals surface area contributed by atoms with E-state index in [0.717, 1.165) is 16.7 Å². The summed E-state index contributed by atoms with van der Waals surface area (Å²) < 4.78 is 35.9. The van der Waals surface area contributed by atoms with Gasteiger partial charge in [0.05, 0.1) is 22.6 Å². The van der Waals surface area contributed by atoms with Crippen molar-refractivity contribution >= 4 is 33.3 Å². The molecular formula is C31H32N2O5S. The van der Waals surface area contributed by atoms with Crippen LogP contribution in [0.15, 0.2) is 84.3 Å². The first-order valence-electron chi connectivity index (χ1n) is 13.0. The second kappa shape index (κ2) is 9.68. The summed E-state index contributed by atoms with van der Waals surface area (Å²) in [6, 6.07) is 18.2. The SMILES string of the molecule is C=CC1c2cc(C)ccc2N(S(=O)(=O)c2ccc(C)cc2)C(C(=O)OCC)C12CN(C(C)=O)c1ccccc12. The number of rotatable bonds is 5. The van der Waals surface area contributed by atoms with Crippen LogP contribution in [-0.2, 0) is 29.8 Å². The number of hydrogen-bond acceptors (Lipinski definition) is 5. The quantitative estimate of drug-likeness (QED) is 0.333. The Labute approximate surface area is 229 Å². The molecule has 2 heterocycles. The van der Waals surface area contributed by atoms with Crippen molar-refractivity contribution in [2.24, 2.45) is 0 Å². The van der Waals surface area contributed by atoms with E-state index in [0.29, 0.717) is 16.9 Å². The standard InChI is InChI=1S/C31H32N2O5S/c1-6-25-24-18-21(4)14-17-27(24)33(39(36,37)23-15-12-20(3)13-16-23)29(30(35)38-7-2)31(25)19-32(22(5)34)28-11-9-8-10-26(28)31/h6,8-18,25,29H,1,7,19H2,2-5H3. The monoisotopic (exact) mass is 544 g/mol. The molecule has 2 aliphatic heterocycles. The molecule has 0 aliphatic carbocycles. The van der Waals surface area contributed by atoms with E-state index in [1.807, 2.05) is 50.2 Å². The summed E-state index contributed by atoms with van der Waals surface area (Å²) in [5.74, 6) is -1.36. The third-order valence-corrected chi connectivity index (χ3v) is 9.65. The summed E-state index contributed by atoms with van der Waals surface area (Å²) >= 11 is 0. The van der Waals surface area contributed by atoms with Gasteiger partial charge in [-0.3, -0.25) is 9.10 Å². The van der Waals surface area contributed by atoms with Crippen LogP contribution in [-0.4, -0.2) is 39.5 Å². The molecule has 3 atom stereocenters. The molecule has 8 heteroatoms. The number of amides is 1. The van der Waals surface area contributed by atoms with Crippen molar-refractivity contribution < 1.29 is 22.7 Å². The van der Waals surface area contributed by atoms with Crippen molar-refractivity contribution in [3.63, 3.8) is 0 Å².